The van der Waals surface area contributed by atoms with E-state index in [-0.39, 0.29) is 5.75 Å². The molecule has 1 aromatic rings. The number of ether oxygens (including phenoxy) is 1. The Labute approximate surface area is 68.4 Å². The summed E-state index contributed by atoms with van der Waals surface area (Å²) in [7, 11) is 0. The molecule has 66 valence electrons. The summed E-state index contributed by atoms with van der Waals surface area (Å²) < 4.78 is 28.9. The Morgan fingerprint density at radius 3 is 2.33 bits per heavy atom. The molecule has 0 saturated carbocycles. The predicted molar refractivity (Wildman–Crippen MR) is 39.1 cm³/mol. The molecule has 0 spiro atoms. The molecule has 1 rings (SSSR count). The van der Waals surface area contributed by atoms with Gasteiger partial charge < -0.3 is 9.84 Å². The molecule has 0 bridgehead atoms. The quantitative estimate of drug-likeness (QED) is 0.754. The molecule has 0 atom stereocenters. The molecule has 0 amide bonds. The van der Waals surface area contributed by atoms with Crippen molar-refractivity contribution in [3.05, 3.63) is 30.3 Å². The molecule has 0 radical (unpaired) electrons. The molecule has 1 aromatic carbocycles. The molecule has 0 saturated heterocycles. The number of hydrogen-bond donors (Lipinski definition) is 1. The van der Waals surface area contributed by atoms with Crippen molar-refractivity contribution in [3.63, 3.8) is 0 Å². The van der Waals surface area contributed by atoms with E-state index in [2.05, 4.69) is 4.74 Å². The highest BCUT2D eigenvalue weighted by Crippen LogP contribution is 2.19. The molecule has 0 aliphatic rings. The van der Waals surface area contributed by atoms with Gasteiger partial charge in [0.25, 0.3) is 0 Å². The van der Waals surface area contributed by atoms with Crippen molar-refractivity contribution in [2.45, 2.75) is 6.11 Å². The molecule has 12 heavy (non-hydrogen) atoms. The van der Waals surface area contributed by atoms with Crippen molar-refractivity contribution >= 4 is 0 Å². The Hall–Kier alpha value is -1.16. The van der Waals surface area contributed by atoms with Crippen LogP contribution in [0.3, 0.4) is 0 Å². The normalized spacial score (nSPS) is 11.2. The fourth-order valence-electron chi connectivity index (χ4n) is 0.693. The van der Waals surface area contributed by atoms with E-state index < -0.39 is 12.7 Å². The number of hydrogen-bond acceptors (Lipinski definition) is 2. The molecule has 0 aromatic heterocycles. The van der Waals surface area contributed by atoms with Crippen molar-refractivity contribution < 1.29 is 18.6 Å². The van der Waals surface area contributed by atoms with Gasteiger partial charge in [0.05, 0.1) is 0 Å². The van der Waals surface area contributed by atoms with Crippen LogP contribution in [0.25, 0.3) is 0 Å². The molecule has 0 heterocycles. The van der Waals surface area contributed by atoms with Crippen LogP contribution in [0.1, 0.15) is 0 Å². The first-order valence-electron chi connectivity index (χ1n) is 3.37. The van der Waals surface area contributed by atoms with Gasteiger partial charge in [0.2, 0.25) is 0 Å². The lowest BCUT2D eigenvalue weighted by atomic mass is 10.3. The van der Waals surface area contributed by atoms with Gasteiger partial charge in [0, 0.05) is 0 Å². The highest BCUT2D eigenvalue weighted by atomic mass is 19.3. The summed E-state index contributed by atoms with van der Waals surface area (Å²) in [5.41, 5.74) is 0. The molecule has 2 nitrogen and oxygen atoms in total. The Morgan fingerprint density at radius 2 is 1.83 bits per heavy atom. The summed E-state index contributed by atoms with van der Waals surface area (Å²) in [5.74, 6) is 0.0385. The molecule has 0 aliphatic heterocycles. The van der Waals surface area contributed by atoms with Crippen LogP contribution >= 0.6 is 0 Å². The van der Waals surface area contributed by atoms with Crippen LogP contribution in [0.5, 0.6) is 5.75 Å². The largest absolute Gasteiger partial charge is 0.431 e. The Kier molecular flexibility index (Phi) is 2.60. The van der Waals surface area contributed by atoms with Gasteiger partial charge >= 0.3 is 6.11 Å². The molecule has 0 unspecified atom stereocenters. The van der Waals surface area contributed by atoms with Crippen LogP contribution in [-0.4, -0.2) is 17.8 Å². The van der Waals surface area contributed by atoms with Crippen LogP contribution in [0.15, 0.2) is 30.3 Å². The smallest absolute Gasteiger partial charge is 0.421 e. The van der Waals surface area contributed by atoms with Crippen LogP contribution in [0.2, 0.25) is 0 Å². The zero-order valence-electron chi connectivity index (χ0n) is 6.21. The van der Waals surface area contributed by atoms with Gasteiger partial charge in [-0.1, -0.05) is 18.2 Å². The van der Waals surface area contributed by atoms with Crippen molar-refractivity contribution in [1.29, 1.82) is 0 Å². The molecular weight excluding hydrogens is 166 g/mol. The van der Waals surface area contributed by atoms with E-state index in [0.717, 1.165) is 0 Å². The number of rotatable bonds is 3. The van der Waals surface area contributed by atoms with E-state index in [9.17, 15) is 8.78 Å². The average Bonchev–Trinajstić information content (AvgIpc) is 2.06. The lowest BCUT2D eigenvalue weighted by molar-refractivity contribution is -0.200. The van der Waals surface area contributed by atoms with E-state index in [1.54, 1.807) is 18.2 Å². The monoisotopic (exact) mass is 174 g/mol. The number of aliphatic hydroxyl groups excluding tert-OH is 1. The second kappa shape index (κ2) is 3.49. The standard InChI is InChI=1S/C8H8F2O2/c9-8(10,6-11)12-7-4-2-1-3-5-7/h1-5,11H,6H2. The Morgan fingerprint density at radius 1 is 1.25 bits per heavy atom. The lowest BCUT2D eigenvalue weighted by Gasteiger charge is -2.14. The van der Waals surface area contributed by atoms with Gasteiger partial charge in [-0.2, -0.15) is 8.78 Å². The van der Waals surface area contributed by atoms with Gasteiger partial charge in [-0.05, 0) is 12.1 Å². The SMILES string of the molecule is OCC(F)(F)Oc1ccccc1. The van der Waals surface area contributed by atoms with Gasteiger partial charge in [-0.15, -0.1) is 0 Å². The summed E-state index contributed by atoms with van der Waals surface area (Å²) in [5, 5.41) is 8.18. The summed E-state index contributed by atoms with van der Waals surface area (Å²) in [6.45, 7) is -1.32. The fraction of sp³-hybridized carbons (Fsp3) is 0.250. The van der Waals surface area contributed by atoms with Gasteiger partial charge in [0.15, 0.2) is 0 Å². The second-order valence-corrected chi connectivity index (χ2v) is 2.21. The highest BCUT2D eigenvalue weighted by molar-refractivity contribution is 5.21. The Bertz CT molecular complexity index is 236. The Balaban J connectivity index is 2.64. The number of alkyl halides is 2. The van der Waals surface area contributed by atoms with Crippen LogP contribution < -0.4 is 4.74 Å². The molecular formula is C8H8F2O2. The summed E-state index contributed by atoms with van der Waals surface area (Å²) in [4.78, 5) is 0. The second-order valence-electron chi connectivity index (χ2n) is 2.21. The van der Waals surface area contributed by atoms with E-state index in [1.165, 1.54) is 12.1 Å². The average molecular weight is 174 g/mol. The minimum Gasteiger partial charge on any atom is -0.431 e. The number of aliphatic hydroxyl groups is 1. The maximum atomic E-state index is 12.4. The van der Waals surface area contributed by atoms with Crippen molar-refractivity contribution in [1.82, 2.24) is 0 Å². The molecule has 4 heteroatoms. The third-order valence-corrected chi connectivity index (χ3v) is 1.19. The lowest BCUT2D eigenvalue weighted by Crippen LogP contribution is -2.28. The topological polar surface area (TPSA) is 29.5 Å². The minimum absolute atomic E-state index is 0.0385. The molecule has 1 N–H and O–H groups in total. The van der Waals surface area contributed by atoms with Gasteiger partial charge in [-0.3, -0.25) is 0 Å². The van der Waals surface area contributed by atoms with E-state index in [1.807, 2.05) is 0 Å². The summed E-state index contributed by atoms with van der Waals surface area (Å²) in [6.07, 6.45) is -3.50. The maximum absolute atomic E-state index is 12.4. The molecule has 0 fully saturated rings. The first-order valence-corrected chi connectivity index (χ1v) is 3.37. The zero-order chi connectivity index (χ0) is 9.03. The number of para-hydroxylation sites is 1. The van der Waals surface area contributed by atoms with Crippen molar-refractivity contribution in [3.8, 4) is 5.75 Å². The summed E-state index contributed by atoms with van der Waals surface area (Å²) >= 11 is 0. The van der Waals surface area contributed by atoms with E-state index in [4.69, 9.17) is 5.11 Å². The van der Waals surface area contributed by atoms with Crippen molar-refractivity contribution in [2.75, 3.05) is 6.61 Å². The number of halogens is 2. The molecule has 0 aliphatic carbocycles. The highest BCUT2D eigenvalue weighted by Gasteiger charge is 2.29. The number of benzene rings is 1. The van der Waals surface area contributed by atoms with Crippen molar-refractivity contribution in [2.24, 2.45) is 0 Å². The van der Waals surface area contributed by atoms with Crippen LogP contribution in [0.4, 0.5) is 8.78 Å². The summed E-state index contributed by atoms with van der Waals surface area (Å²) in [6, 6.07) is 7.61. The zero-order valence-corrected chi connectivity index (χ0v) is 6.21. The van der Waals surface area contributed by atoms with Crippen LogP contribution in [-0.2, 0) is 0 Å². The van der Waals surface area contributed by atoms with Crippen LogP contribution in [0, 0.1) is 0 Å². The predicted octanol–water partition coefficient (Wildman–Crippen LogP) is 1.65. The minimum atomic E-state index is -3.50. The third kappa shape index (κ3) is 2.47. The van der Waals surface area contributed by atoms with E-state index >= 15 is 0 Å². The first-order chi connectivity index (χ1) is 5.64. The third-order valence-electron chi connectivity index (χ3n) is 1.19. The van der Waals surface area contributed by atoms with Gasteiger partial charge in [0.1, 0.15) is 12.4 Å². The fourth-order valence-corrected chi connectivity index (χ4v) is 0.693. The van der Waals surface area contributed by atoms with E-state index in [0.29, 0.717) is 0 Å². The maximum Gasteiger partial charge on any atom is 0.421 e. The first kappa shape index (κ1) is 8.93. The van der Waals surface area contributed by atoms with Gasteiger partial charge in [-0.25, -0.2) is 0 Å².